The first kappa shape index (κ1) is 15.3. The SMILES string of the molecule is O=C1S/C(=C/c2ccc([N+](=O)[O-])o2)C(=O)N1c1ccc(Cl)cc1. The molecule has 9 heteroatoms. The normalized spacial score (nSPS) is 16.4. The predicted molar refractivity (Wildman–Crippen MR) is 85.3 cm³/mol. The summed E-state index contributed by atoms with van der Waals surface area (Å²) in [4.78, 5) is 35.4. The minimum Gasteiger partial charge on any atom is -0.401 e. The molecule has 0 bridgehead atoms. The number of hydrogen-bond acceptors (Lipinski definition) is 6. The molecule has 1 aliphatic rings. The minimum absolute atomic E-state index is 0.120. The van der Waals surface area contributed by atoms with Crippen LogP contribution in [0.1, 0.15) is 5.76 Å². The number of amides is 2. The molecule has 0 N–H and O–H groups in total. The second-order valence-electron chi connectivity index (χ2n) is 4.43. The van der Waals surface area contributed by atoms with E-state index in [2.05, 4.69) is 0 Å². The summed E-state index contributed by atoms with van der Waals surface area (Å²) in [6, 6.07) is 8.78. The zero-order valence-electron chi connectivity index (χ0n) is 11.3. The van der Waals surface area contributed by atoms with E-state index < -0.39 is 22.0 Å². The van der Waals surface area contributed by atoms with E-state index in [0.29, 0.717) is 10.7 Å². The number of imide groups is 1. The van der Waals surface area contributed by atoms with Crippen LogP contribution >= 0.6 is 23.4 Å². The van der Waals surface area contributed by atoms with Gasteiger partial charge in [0.2, 0.25) is 0 Å². The summed E-state index contributed by atoms with van der Waals surface area (Å²) in [5, 5.41) is 10.6. The van der Waals surface area contributed by atoms with Crippen molar-refractivity contribution in [2.24, 2.45) is 0 Å². The summed E-state index contributed by atoms with van der Waals surface area (Å²) in [6.45, 7) is 0. The number of nitrogens with zero attached hydrogens (tertiary/aromatic N) is 2. The number of benzene rings is 1. The molecule has 0 spiro atoms. The summed E-state index contributed by atoms with van der Waals surface area (Å²) >= 11 is 6.51. The number of carbonyl (C=O) groups excluding carboxylic acids is 2. The van der Waals surface area contributed by atoms with E-state index in [1.165, 1.54) is 18.2 Å². The first-order valence-electron chi connectivity index (χ1n) is 6.23. The maximum Gasteiger partial charge on any atom is 0.433 e. The molecule has 1 aromatic heterocycles. The average Bonchev–Trinajstić information content (AvgIpc) is 3.07. The van der Waals surface area contributed by atoms with E-state index in [4.69, 9.17) is 16.0 Å². The van der Waals surface area contributed by atoms with Gasteiger partial charge in [-0.05, 0) is 42.1 Å². The standard InChI is InChI=1S/C14H7ClN2O5S/c15-8-1-3-9(4-2-8)16-13(18)11(23-14(16)19)7-10-5-6-12(22-10)17(20)21/h1-7H/b11-7+. The number of rotatable bonds is 3. The molecule has 1 fully saturated rings. The fourth-order valence-corrected chi connectivity index (χ4v) is 2.88. The number of halogens is 1. The fraction of sp³-hybridized carbons (Fsp3) is 0. The number of anilines is 1. The molecule has 23 heavy (non-hydrogen) atoms. The smallest absolute Gasteiger partial charge is 0.401 e. The van der Waals surface area contributed by atoms with Gasteiger partial charge in [0.1, 0.15) is 10.7 Å². The lowest BCUT2D eigenvalue weighted by atomic mass is 10.3. The van der Waals surface area contributed by atoms with Crippen molar-refractivity contribution >= 4 is 52.2 Å². The van der Waals surface area contributed by atoms with Gasteiger partial charge in [-0.2, -0.15) is 0 Å². The third-order valence-corrected chi connectivity index (χ3v) is 4.07. The maximum absolute atomic E-state index is 12.4. The fourth-order valence-electron chi connectivity index (χ4n) is 1.93. The Kier molecular flexibility index (Phi) is 3.93. The molecule has 3 rings (SSSR count). The summed E-state index contributed by atoms with van der Waals surface area (Å²) in [5.74, 6) is -0.840. The summed E-state index contributed by atoms with van der Waals surface area (Å²) in [6.07, 6.45) is 1.30. The van der Waals surface area contributed by atoms with E-state index >= 15 is 0 Å². The van der Waals surface area contributed by atoms with Crippen LogP contribution in [-0.2, 0) is 4.79 Å². The van der Waals surface area contributed by atoms with Crippen LogP contribution in [0.5, 0.6) is 0 Å². The monoisotopic (exact) mass is 350 g/mol. The summed E-state index contributed by atoms with van der Waals surface area (Å²) < 4.78 is 4.96. The van der Waals surface area contributed by atoms with E-state index in [0.717, 1.165) is 16.7 Å². The third kappa shape index (κ3) is 2.99. The van der Waals surface area contributed by atoms with Gasteiger partial charge in [0, 0.05) is 11.1 Å². The summed E-state index contributed by atoms with van der Waals surface area (Å²) in [7, 11) is 0. The largest absolute Gasteiger partial charge is 0.433 e. The second-order valence-corrected chi connectivity index (χ2v) is 5.86. The Morgan fingerprint density at radius 3 is 2.48 bits per heavy atom. The van der Waals surface area contributed by atoms with Gasteiger partial charge in [0.15, 0.2) is 0 Å². The highest BCUT2D eigenvalue weighted by molar-refractivity contribution is 8.19. The van der Waals surface area contributed by atoms with Crippen molar-refractivity contribution in [3.05, 3.63) is 62.2 Å². The Morgan fingerprint density at radius 2 is 1.87 bits per heavy atom. The molecular formula is C14H7ClN2O5S. The molecule has 2 aromatic rings. The van der Waals surface area contributed by atoms with Crippen molar-refractivity contribution in [2.45, 2.75) is 0 Å². The Morgan fingerprint density at radius 1 is 1.17 bits per heavy atom. The lowest BCUT2D eigenvalue weighted by Crippen LogP contribution is -2.27. The minimum atomic E-state index is -0.684. The molecule has 116 valence electrons. The summed E-state index contributed by atoms with van der Waals surface area (Å²) in [5.41, 5.74) is 0.394. The highest BCUT2D eigenvalue weighted by Crippen LogP contribution is 2.36. The van der Waals surface area contributed by atoms with E-state index in [-0.39, 0.29) is 10.7 Å². The molecule has 1 aliphatic heterocycles. The quantitative estimate of drug-likeness (QED) is 0.470. The predicted octanol–water partition coefficient (Wildman–Crippen LogP) is 4.08. The average molecular weight is 351 g/mol. The van der Waals surface area contributed by atoms with Crippen LogP contribution in [0.4, 0.5) is 16.4 Å². The van der Waals surface area contributed by atoms with Gasteiger partial charge in [0.25, 0.3) is 11.1 Å². The van der Waals surface area contributed by atoms with Gasteiger partial charge in [0.05, 0.1) is 16.7 Å². The highest BCUT2D eigenvalue weighted by Gasteiger charge is 2.36. The Labute approximate surface area is 138 Å². The molecule has 1 saturated heterocycles. The number of thioether (sulfide) groups is 1. The van der Waals surface area contributed by atoms with Crippen molar-refractivity contribution < 1.29 is 18.9 Å². The van der Waals surface area contributed by atoms with Crippen molar-refractivity contribution in [3.8, 4) is 0 Å². The van der Waals surface area contributed by atoms with Crippen LogP contribution in [0.2, 0.25) is 5.02 Å². The maximum atomic E-state index is 12.4. The van der Waals surface area contributed by atoms with E-state index in [1.807, 2.05) is 0 Å². The topological polar surface area (TPSA) is 93.7 Å². The van der Waals surface area contributed by atoms with Gasteiger partial charge < -0.3 is 4.42 Å². The molecule has 0 aliphatic carbocycles. The number of nitro groups is 1. The van der Waals surface area contributed by atoms with Crippen molar-refractivity contribution in [1.29, 1.82) is 0 Å². The number of furan rings is 1. The zero-order valence-corrected chi connectivity index (χ0v) is 12.8. The van der Waals surface area contributed by atoms with Crippen molar-refractivity contribution in [2.75, 3.05) is 4.90 Å². The molecule has 0 unspecified atom stereocenters. The molecule has 7 nitrogen and oxygen atoms in total. The van der Waals surface area contributed by atoms with Gasteiger partial charge in [-0.1, -0.05) is 11.6 Å². The Bertz CT molecular complexity index is 843. The third-order valence-electron chi connectivity index (χ3n) is 2.94. The zero-order chi connectivity index (χ0) is 16.6. The molecule has 0 radical (unpaired) electrons. The number of carbonyl (C=O) groups is 2. The van der Waals surface area contributed by atoms with Crippen molar-refractivity contribution in [1.82, 2.24) is 0 Å². The van der Waals surface area contributed by atoms with Crippen molar-refractivity contribution in [3.63, 3.8) is 0 Å². The second kappa shape index (κ2) is 5.90. The number of hydrogen-bond donors (Lipinski definition) is 0. The van der Waals surface area contributed by atoms with Crippen LogP contribution in [0.3, 0.4) is 0 Å². The van der Waals surface area contributed by atoms with E-state index in [1.54, 1.807) is 24.3 Å². The molecule has 1 aromatic carbocycles. The Hall–Kier alpha value is -2.58. The molecular weight excluding hydrogens is 344 g/mol. The van der Waals surface area contributed by atoms with Crippen LogP contribution in [-0.4, -0.2) is 16.1 Å². The van der Waals surface area contributed by atoms with Crippen LogP contribution < -0.4 is 4.90 Å². The van der Waals surface area contributed by atoms with Gasteiger partial charge in [-0.15, -0.1) is 0 Å². The lowest BCUT2D eigenvalue weighted by molar-refractivity contribution is -0.402. The molecule has 0 saturated carbocycles. The lowest BCUT2D eigenvalue weighted by Gasteiger charge is -2.11. The van der Waals surface area contributed by atoms with Gasteiger partial charge >= 0.3 is 5.88 Å². The highest BCUT2D eigenvalue weighted by atomic mass is 35.5. The van der Waals surface area contributed by atoms with E-state index in [9.17, 15) is 19.7 Å². The van der Waals surface area contributed by atoms with Gasteiger partial charge in [-0.3, -0.25) is 19.7 Å². The molecule has 2 amide bonds. The first-order chi connectivity index (χ1) is 11.0. The molecule has 2 heterocycles. The van der Waals surface area contributed by atoms with Gasteiger partial charge in [-0.25, -0.2) is 4.90 Å². The Balaban J connectivity index is 1.89. The first-order valence-corrected chi connectivity index (χ1v) is 7.43. The van der Waals surface area contributed by atoms with Crippen LogP contribution in [0, 0.1) is 10.1 Å². The van der Waals surface area contributed by atoms with Crippen LogP contribution in [0.15, 0.2) is 45.7 Å². The van der Waals surface area contributed by atoms with Crippen LogP contribution in [0.25, 0.3) is 6.08 Å². The molecule has 0 atom stereocenters.